The minimum absolute atomic E-state index is 0.0269. The molecule has 8 heteroatoms. The van der Waals surface area contributed by atoms with Crippen LogP contribution in [0.15, 0.2) is 29.1 Å². The zero-order chi connectivity index (χ0) is 15.9. The zero-order valence-electron chi connectivity index (χ0n) is 10.9. The SMILES string of the molecule is O=C(O)c1cc2nc(Cc3cc(Cl)ccc3F)[nH]c(=O)c2s1. The Morgan fingerprint density at radius 1 is 1.41 bits per heavy atom. The number of aromatic nitrogens is 2. The van der Waals surface area contributed by atoms with Gasteiger partial charge in [-0.15, -0.1) is 11.3 Å². The molecule has 0 atom stereocenters. The predicted octanol–water partition coefficient (Wildman–Crippen LogP) is 3.07. The Hall–Kier alpha value is -2.25. The van der Waals surface area contributed by atoms with Crippen LogP contribution < -0.4 is 5.56 Å². The number of aromatic carboxylic acids is 1. The van der Waals surface area contributed by atoms with Gasteiger partial charge >= 0.3 is 5.97 Å². The Balaban J connectivity index is 2.06. The number of thiophene rings is 1. The number of carbonyl (C=O) groups is 1. The van der Waals surface area contributed by atoms with E-state index in [1.165, 1.54) is 24.3 Å². The molecule has 3 rings (SSSR count). The molecule has 0 radical (unpaired) electrons. The molecule has 0 fully saturated rings. The highest BCUT2D eigenvalue weighted by Crippen LogP contribution is 2.22. The summed E-state index contributed by atoms with van der Waals surface area (Å²) < 4.78 is 14.0. The zero-order valence-corrected chi connectivity index (χ0v) is 12.5. The number of halogens is 2. The number of aromatic amines is 1. The second-order valence-corrected chi connectivity index (χ2v) is 6.04. The van der Waals surface area contributed by atoms with E-state index < -0.39 is 17.3 Å². The number of carboxylic acid groups (broad SMARTS) is 1. The third-order valence-corrected chi connectivity index (χ3v) is 4.35. The highest BCUT2D eigenvalue weighted by Gasteiger charge is 2.14. The van der Waals surface area contributed by atoms with Gasteiger partial charge in [0.15, 0.2) is 0 Å². The molecule has 2 N–H and O–H groups in total. The first kappa shape index (κ1) is 14.7. The molecule has 0 unspecified atom stereocenters. The Labute approximate surface area is 132 Å². The normalized spacial score (nSPS) is 11.0. The maximum Gasteiger partial charge on any atom is 0.345 e. The average molecular weight is 339 g/mol. The van der Waals surface area contributed by atoms with E-state index in [0.717, 1.165) is 11.3 Å². The van der Waals surface area contributed by atoms with Crippen molar-refractivity contribution in [1.82, 2.24) is 9.97 Å². The van der Waals surface area contributed by atoms with E-state index >= 15 is 0 Å². The third-order valence-electron chi connectivity index (χ3n) is 3.01. The number of carboxylic acids is 1. The summed E-state index contributed by atoms with van der Waals surface area (Å²) in [6.07, 6.45) is 0.0514. The van der Waals surface area contributed by atoms with Crippen LogP contribution in [0.3, 0.4) is 0 Å². The minimum Gasteiger partial charge on any atom is -0.477 e. The van der Waals surface area contributed by atoms with E-state index in [1.54, 1.807) is 0 Å². The van der Waals surface area contributed by atoms with Crippen molar-refractivity contribution in [3.8, 4) is 0 Å². The van der Waals surface area contributed by atoms with Crippen LogP contribution >= 0.6 is 22.9 Å². The fraction of sp³-hybridized carbons (Fsp3) is 0.0714. The van der Waals surface area contributed by atoms with Crippen molar-refractivity contribution in [3.63, 3.8) is 0 Å². The molecule has 2 aromatic heterocycles. The first-order valence-electron chi connectivity index (χ1n) is 6.14. The highest BCUT2D eigenvalue weighted by atomic mass is 35.5. The molecule has 112 valence electrons. The number of H-pyrrole nitrogens is 1. The maximum absolute atomic E-state index is 13.7. The number of hydrogen-bond donors (Lipinski definition) is 2. The first-order valence-corrected chi connectivity index (χ1v) is 7.33. The van der Waals surface area contributed by atoms with Crippen molar-refractivity contribution in [1.29, 1.82) is 0 Å². The van der Waals surface area contributed by atoms with Gasteiger partial charge in [-0.2, -0.15) is 0 Å². The molecule has 1 aromatic carbocycles. The molecule has 0 bridgehead atoms. The van der Waals surface area contributed by atoms with Crippen LogP contribution in [-0.4, -0.2) is 21.0 Å². The Morgan fingerprint density at radius 2 is 2.18 bits per heavy atom. The fourth-order valence-corrected chi connectivity index (χ4v) is 3.06. The van der Waals surface area contributed by atoms with Crippen molar-refractivity contribution in [2.75, 3.05) is 0 Å². The molecule has 2 heterocycles. The van der Waals surface area contributed by atoms with Crippen LogP contribution in [0.4, 0.5) is 4.39 Å². The summed E-state index contributed by atoms with van der Waals surface area (Å²) in [5.74, 6) is -1.33. The fourth-order valence-electron chi connectivity index (χ4n) is 2.04. The second-order valence-electron chi connectivity index (χ2n) is 4.56. The lowest BCUT2D eigenvalue weighted by Gasteiger charge is -2.03. The summed E-state index contributed by atoms with van der Waals surface area (Å²) in [6, 6.07) is 5.45. The van der Waals surface area contributed by atoms with E-state index in [4.69, 9.17) is 16.7 Å². The number of nitrogens with one attached hydrogen (secondary N) is 1. The average Bonchev–Trinajstić information content (AvgIpc) is 2.88. The van der Waals surface area contributed by atoms with Gasteiger partial charge in [0.1, 0.15) is 21.2 Å². The van der Waals surface area contributed by atoms with Gasteiger partial charge in [0.2, 0.25) is 0 Å². The Kier molecular flexibility index (Phi) is 3.67. The molecular formula is C14H8ClFN2O3S. The molecule has 0 saturated carbocycles. The second kappa shape index (κ2) is 5.51. The van der Waals surface area contributed by atoms with Crippen molar-refractivity contribution < 1.29 is 14.3 Å². The lowest BCUT2D eigenvalue weighted by molar-refractivity contribution is 0.0702. The monoisotopic (exact) mass is 338 g/mol. The van der Waals surface area contributed by atoms with E-state index in [0.29, 0.717) is 10.6 Å². The number of fused-ring (bicyclic) bond motifs is 1. The van der Waals surface area contributed by atoms with Crippen molar-refractivity contribution in [2.45, 2.75) is 6.42 Å². The van der Waals surface area contributed by atoms with Crippen LogP contribution in [0.25, 0.3) is 10.2 Å². The number of rotatable bonds is 3. The van der Waals surface area contributed by atoms with Crippen molar-refractivity contribution >= 4 is 39.1 Å². The molecular weight excluding hydrogens is 331 g/mol. The van der Waals surface area contributed by atoms with Crippen LogP contribution in [0, 0.1) is 5.82 Å². The number of benzene rings is 1. The summed E-state index contributed by atoms with van der Waals surface area (Å²) in [5.41, 5.74) is 0.132. The van der Waals surface area contributed by atoms with Gasteiger partial charge in [-0.3, -0.25) is 4.79 Å². The predicted molar refractivity (Wildman–Crippen MR) is 81.4 cm³/mol. The molecule has 0 aliphatic rings. The van der Waals surface area contributed by atoms with Crippen LogP contribution in [0.5, 0.6) is 0 Å². The molecule has 22 heavy (non-hydrogen) atoms. The van der Waals surface area contributed by atoms with Gasteiger partial charge in [-0.25, -0.2) is 14.2 Å². The Bertz CT molecular complexity index is 951. The molecule has 0 spiro atoms. The Morgan fingerprint density at radius 3 is 2.91 bits per heavy atom. The van der Waals surface area contributed by atoms with Gasteiger partial charge in [-0.1, -0.05) is 11.6 Å². The highest BCUT2D eigenvalue weighted by molar-refractivity contribution is 7.20. The summed E-state index contributed by atoms with van der Waals surface area (Å²) in [7, 11) is 0. The van der Waals surface area contributed by atoms with Crippen LogP contribution in [-0.2, 0) is 6.42 Å². The van der Waals surface area contributed by atoms with Crippen LogP contribution in [0.2, 0.25) is 5.02 Å². The van der Waals surface area contributed by atoms with Crippen molar-refractivity contribution in [3.05, 3.63) is 61.7 Å². The first-order chi connectivity index (χ1) is 10.4. The largest absolute Gasteiger partial charge is 0.477 e. The molecule has 3 aromatic rings. The summed E-state index contributed by atoms with van der Waals surface area (Å²) in [4.78, 5) is 29.7. The van der Waals surface area contributed by atoms with E-state index in [9.17, 15) is 14.0 Å². The van der Waals surface area contributed by atoms with Gasteiger partial charge in [0, 0.05) is 11.4 Å². The molecule has 0 aliphatic heterocycles. The van der Waals surface area contributed by atoms with E-state index in [-0.39, 0.29) is 27.3 Å². The van der Waals surface area contributed by atoms with Crippen LogP contribution in [0.1, 0.15) is 21.1 Å². The standard InChI is InChI=1S/C14H8ClFN2O3S/c15-7-1-2-8(16)6(3-7)4-11-17-9-5-10(14(20)21)22-12(9)13(19)18-11/h1-3,5H,4H2,(H,20,21)(H,17,18,19). The maximum atomic E-state index is 13.7. The summed E-state index contributed by atoms with van der Waals surface area (Å²) in [6.45, 7) is 0. The third kappa shape index (κ3) is 2.72. The smallest absolute Gasteiger partial charge is 0.345 e. The quantitative estimate of drug-likeness (QED) is 0.768. The van der Waals surface area contributed by atoms with Gasteiger partial charge in [0.05, 0.1) is 5.52 Å². The molecule has 0 saturated heterocycles. The van der Waals surface area contributed by atoms with Gasteiger partial charge in [-0.05, 0) is 29.8 Å². The molecule has 5 nitrogen and oxygen atoms in total. The lowest BCUT2D eigenvalue weighted by Crippen LogP contribution is -2.11. The summed E-state index contributed by atoms with van der Waals surface area (Å²) in [5, 5.41) is 9.33. The van der Waals surface area contributed by atoms with Gasteiger partial charge < -0.3 is 10.1 Å². The molecule has 0 amide bonds. The topological polar surface area (TPSA) is 83.0 Å². The summed E-state index contributed by atoms with van der Waals surface area (Å²) >= 11 is 6.68. The lowest BCUT2D eigenvalue weighted by atomic mass is 10.1. The number of nitrogens with zero attached hydrogens (tertiary/aromatic N) is 1. The van der Waals surface area contributed by atoms with E-state index in [2.05, 4.69) is 9.97 Å². The van der Waals surface area contributed by atoms with Gasteiger partial charge in [0.25, 0.3) is 5.56 Å². The minimum atomic E-state index is -1.12. The van der Waals surface area contributed by atoms with Crippen molar-refractivity contribution in [2.24, 2.45) is 0 Å². The molecule has 0 aliphatic carbocycles. The van der Waals surface area contributed by atoms with E-state index in [1.807, 2.05) is 0 Å². The number of hydrogen-bond acceptors (Lipinski definition) is 4.